The lowest BCUT2D eigenvalue weighted by Gasteiger charge is -2.07. The first kappa shape index (κ1) is 13.9. The standard InChI is InChI=1S/C13H15NO4/c1-4-18-13(15)10(3)9(2)11-5-7-12(8-6-11)14(16)17/h5-8H,4H2,1-3H3/b10-9-. The Morgan fingerprint density at radius 2 is 1.83 bits per heavy atom. The summed E-state index contributed by atoms with van der Waals surface area (Å²) >= 11 is 0. The highest BCUT2D eigenvalue weighted by molar-refractivity contribution is 5.96. The Morgan fingerprint density at radius 1 is 1.28 bits per heavy atom. The highest BCUT2D eigenvalue weighted by atomic mass is 16.6. The lowest BCUT2D eigenvalue weighted by Crippen LogP contribution is -2.06. The Labute approximate surface area is 105 Å². The molecule has 0 heterocycles. The molecule has 1 aromatic rings. The van der Waals surface area contributed by atoms with E-state index >= 15 is 0 Å². The van der Waals surface area contributed by atoms with Crippen molar-refractivity contribution in [1.29, 1.82) is 0 Å². The van der Waals surface area contributed by atoms with Crippen molar-refractivity contribution in [2.45, 2.75) is 20.8 Å². The van der Waals surface area contributed by atoms with Gasteiger partial charge >= 0.3 is 5.97 Å². The third kappa shape index (κ3) is 3.16. The van der Waals surface area contributed by atoms with Gasteiger partial charge in [0.15, 0.2) is 0 Å². The maximum absolute atomic E-state index is 11.5. The normalized spacial score (nSPS) is 11.7. The molecule has 0 N–H and O–H groups in total. The fourth-order valence-electron chi connectivity index (χ4n) is 1.44. The monoisotopic (exact) mass is 249 g/mol. The zero-order chi connectivity index (χ0) is 13.7. The topological polar surface area (TPSA) is 69.4 Å². The van der Waals surface area contributed by atoms with Gasteiger partial charge in [0.05, 0.1) is 11.5 Å². The molecule has 0 aliphatic carbocycles. The first-order valence-corrected chi connectivity index (χ1v) is 5.56. The van der Waals surface area contributed by atoms with E-state index in [0.29, 0.717) is 12.2 Å². The number of non-ortho nitro benzene ring substituents is 1. The average Bonchev–Trinajstić information content (AvgIpc) is 2.37. The lowest BCUT2D eigenvalue weighted by molar-refractivity contribution is -0.384. The minimum Gasteiger partial charge on any atom is -0.463 e. The molecule has 18 heavy (non-hydrogen) atoms. The molecule has 5 nitrogen and oxygen atoms in total. The largest absolute Gasteiger partial charge is 0.463 e. The van der Waals surface area contributed by atoms with Crippen LogP contribution in [0.25, 0.3) is 5.57 Å². The summed E-state index contributed by atoms with van der Waals surface area (Å²) in [5.74, 6) is -0.367. The van der Waals surface area contributed by atoms with Crippen LogP contribution >= 0.6 is 0 Å². The number of hydrogen-bond donors (Lipinski definition) is 0. The third-order valence-electron chi connectivity index (χ3n) is 2.66. The van der Waals surface area contributed by atoms with Gasteiger partial charge in [0.25, 0.3) is 5.69 Å². The molecule has 0 fully saturated rings. The van der Waals surface area contributed by atoms with Gasteiger partial charge in [-0.3, -0.25) is 10.1 Å². The van der Waals surface area contributed by atoms with Crippen LogP contribution < -0.4 is 0 Å². The lowest BCUT2D eigenvalue weighted by atomic mass is 10.0. The van der Waals surface area contributed by atoms with Gasteiger partial charge in [-0.05, 0) is 44.0 Å². The second-order valence-corrected chi connectivity index (χ2v) is 3.77. The molecule has 0 aromatic heterocycles. The van der Waals surface area contributed by atoms with Gasteiger partial charge in [-0.1, -0.05) is 0 Å². The van der Waals surface area contributed by atoms with Crippen LogP contribution in [0.2, 0.25) is 0 Å². The van der Waals surface area contributed by atoms with E-state index in [9.17, 15) is 14.9 Å². The van der Waals surface area contributed by atoms with Crippen molar-refractivity contribution < 1.29 is 14.5 Å². The summed E-state index contributed by atoms with van der Waals surface area (Å²) in [5, 5.41) is 10.5. The van der Waals surface area contributed by atoms with E-state index in [2.05, 4.69) is 0 Å². The fourth-order valence-corrected chi connectivity index (χ4v) is 1.44. The van der Waals surface area contributed by atoms with E-state index in [-0.39, 0.29) is 11.7 Å². The molecule has 0 saturated heterocycles. The Morgan fingerprint density at radius 3 is 2.28 bits per heavy atom. The third-order valence-corrected chi connectivity index (χ3v) is 2.66. The molecule has 0 amide bonds. The maximum atomic E-state index is 11.5. The zero-order valence-electron chi connectivity index (χ0n) is 10.6. The summed E-state index contributed by atoms with van der Waals surface area (Å²) < 4.78 is 4.90. The number of nitro benzene ring substituents is 1. The molecule has 0 spiro atoms. The summed E-state index contributed by atoms with van der Waals surface area (Å²) in [6.45, 7) is 5.53. The molecule has 0 aliphatic rings. The SMILES string of the molecule is CCOC(=O)/C(C)=C(/C)c1ccc([N+](=O)[O-])cc1. The van der Waals surface area contributed by atoms with Crippen molar-refractivity contribution in [3.8, 4) is 0 Å². The number of allylic oxidation sites excluding steroid dienone is 1. The van der Waals surface area contributed by atoms with Gasteiger partial charge in [0, 0.05) is 17.7 Å². The summed E-state index contributed by atoms with van der Waals surface area (Å²) in [6, 6.07) is 6.07. The van der Waals surface area contributed by atoms with Crippen molar-refractivity contribution in [3.63, 3.8) is 0 Å². The van der Waals surface area contributed by atoms with E-state index in [1.807, 2.05) is 0 Å². The molecule has 96 valence electrons. The number of nitrogens with zero attached hydrogens (tertiary/aromatic N) is 1. The molecule has 1 rings (SSSR count). The molecule has 0 unspecified atom stereocenters. The molecule has 0 bridgehead atoms. The number of carbonyl (C=O) groups is 1. The number of carbonyl (C=O) groups excluding carboxylic acids is 1. The van der Waals surface area contributed by atoms with Crippen LogP contribution in [-0.2, 0) is 9.53 Å². The van der Waals surface area contributed by atoms with E-state index < -0.39 is 4.92 Å². The number of nitro groups is 1. The number of ether oxygens (including phenoxy) is 1. The van der Waals surface area contributed by atoms with Gasteiger partial charge in [0.1, 0.15) is 0 Å². The van der Waals surface area contributed by atoms with E-state index in [1.165, 1.54) is 12.1 Å². The Balaban J connectivity index is 3.02. The van der Waals surface area contributed by atoms with Crippen LogP contribution in [0.3, 0.4) is 0 Å². The first-order valence-electron chi connectivity index (χ1n) is 5.56. The van der Waals surface area contributed by atoms with Crippen LogP contribution in [0, 0.1) is 10.1 Å². The first-order chi connectivity index (χ1) is 8.47. The molecule has 0 atom stereocenters. The van der Waals surface area contributed by atoms with Crippen LogP contribution in [-0.4, -0.2) is 17.5 Å². The Hall–Kier alpha value is -2.17. The Bertz CT molecular complexity index is 488. The molecule has 5 heteroatoms. The molecule has 0 radical (unpaired) electrons. The molecule has 1 aromatic carbocycles. The van der Waals surface area contributed by atoms with Gasteiger partial charge in [-0.15, -0.1) is 0 Å². The summed E-state index contributed by atoms with van der Waals surface area (Å²) in [4.78, 5) is 21.6. The van der Waals surface area contributed by atoms with Crippen LogP contribution in [0.5, 0.6) is 0 Å². The number of benzene rings is 1. The maximum Gasteiger partial charge on any atom is 0.333 e. The highest BCUT2D eigenvalue weighted by Gasteiger charge is 2.11. The smallest absolute Gasteiger partial charge is 0.333 e. The minimum absolute atomic E-state index is 0.0281. The van der Waals surface area contributed by atoms with E-state index in [0.717, 1.165) is 11.1 Å². The predicted octanol–water partition coefficient (Wildman–Crippen LogP) is 2.95. The van der Waals surface area contributed by atoms with E-state index in [4.69, 9.17) is 4.74 Å². The van der Waals surface area contributed by atoms with Gasteiger partial charge in [-0.2, -0.15) is 0 Å². The second kappa shape index (κ2) is 5.95. The highest BCUT2D eigenvalue weighted by Crippen LogP contribution is 2.21. The van der Waals surface area contributed by atoms with Crippen molar-refractivity contribution in [2.75, 3.05) is 6.61 Å². The fraction of sp³-hybridized carbons (Fsp3) is 0.308. The molecule has 0 saturated carbocycles. The van der Waals surface area contributed by atoms with Gasteiger partial charge in [0.2, 0.25) is 0 Å². The van der Waals surface area contributed by atoms with Crippen molar-refractivity contribution in [3.05, 3.63) is 45.5 Å². The number of hydrogen-bond acceptors (Lipinski definition) is 4. The van der Waals surface area contributed by atoms with Crippen LogP contribution in [0.4, 0.5) is 5.69 Å². The van der Waals surface area contributed by atoms with Crippen molar-refractivity contribution >= 4 is 17.2 Å². The van der Waals surface area contributed by atoms with Gasteiger partial charge in [-0.25, -0.2) is 4.79 Å². The number of esters is 1. The second-order valence-electron chi connectivity index (χ2n) is 3.77. The number of rotatable bonds is 4. The summed E-state index contributed by atoms with van der Waals surface area (Å²) in [5.41, 5.74) is 2.06. The average molecular weight is 249 g/mol. The van der Waals surface area contributed by atoms with Crippen LogP contribution in [0.15, 0.2) is 29.8 Å². The Kier molecular flexibility index (Phi) is 4.59. The molecular formula is C13H15NO4. The summed E-state index contributed by atoms with van der Waals surface area (Å²) in [6.07, 6.45) is 0. The molecule has 0 aliphatic heterocycles. The van der Waals surface area contributed by atoms with Gasteiger partial charge < -0.3 is 4.74 Å². The molecular weight excluding hydrogens is 234 g/mol. The predicted molar refractivity (Wildman–Crippen MR) is 68.0 cm³/mol. The van der Waals surface area contributed by atoms with Crippen LogP contribution in [0.1, 0.15) is 26.3 Å². The minimum atomic E-state index is -0.457. The van der Waals surface area contributed by atoms with Crippen molar-refractivity contribution in [2.24, 2.45) is 0 Å². The quantitative estimate of drug-likeness (QED) is 0.356. The van der Waals surface area contributed by atoms with Crippen molar-refractivity contribution in [1.82, 2.24) is 0 Å². The van der Waals surface area contributed by atoms with E-state index in [1.54, 1.807) is 32.9 Å². The summed E-state index contributed by atoms with van der Waals surface area (Å²) in [7, 11) is 0. The zero-order valence-corrected chi connectivity index (χ0v) is 10.6.